The van der Waals surface area contributed by atoms with Crippen LogP contribution in [0.2, 0.25) is 0 Å². The number of carbonyl (C=O) groups is 2. The first-order valence-electron chi connectivity index (χ1n) is 16.3. The van der Waals surface area contributed by atoms with Crippen LogP contribution in [0.1, 0.15) is 27.0 Å². The van der Waals surface area contributed by atoms with Gasteiger partial charge in [0.15, 0.2) is 11.5 Å². The third-order valence-electron chi connectivity index (χ3n) is 8.56. The highest BCUT2D eigenvalue weighted by Gasteiger charge is 2.37. The van der Waals surface area contributed by atoms with Crippen LogP contribution < -0.4 is 16.6 Å². The zero-order valence-electron chi connectivity index (χ0n) is 29.8. The number of allylic oxidation sites excluding steroid dienone is 4. The molecule has 0 spiro atoms. The number of azo groups is 1. The number of Topliss-reactive ketones (excluding diaryl/α,β-unsaturated/α-hetero) is 1. The molecule has 4 aromatic rings. The molecule has 58 heavy (non-hydrogen) atoms. The van der Waals surface area contributed by atoms with Gasteiger partial charge in [0.05, 0.1) is 33.2 Å². The minimum absolute atomic E-state index is 0.0148. The van der Waals surface area contributed by atoms with E-state index in [4.69, 9.17) is 5.73 Å². The molecule has 0 bridgehead atoms. The standard InChI is InChI=1S/C36H29N7O12S3/c1-18-13-20(3-10-26(18)39-41-28-12-7-24(44)17-29(28)45)21-4-11-27(19(2)14-21)40-42-34-30(57(50,51)52)15-22-16-31(58(53,54)55)35(36(46)32(22)33(34)37)43-38-23-5-8-25(9-6-23)56(47,48)49/h3-17,38-39,45H,37H2,1-2H3,(H,47,48,49)(H,50,51,52)(H,53,54,55)/b41-28+,42-40?,43-35+. The van der Waals surface area contributed by atoms with Crippen molar-refractivity contribution in [3.63, 3.8) is 0 Å². The normalized spacial score (nSPS) is 16.1. The van der Waals surface area contributed by atoms with E-state index in [0.717, 1.165) is 53.1 Å². The molecule has 19 nitrogen and oxygen atoms in total. The number of ketones is 2. The lowest BCUT2D eigenvalue weighted by atomic mass is 9.92. The molecule has 4 aromatic carbocycles. The van der Waals surface area contributed by atoms with Crippen molar-refractivity contribution >= 4 is 87.9 Å². The molecule has 0 aromatic heterocycles. The van der Waals surface area contributed by atoms with Crippen molar-refractivity contribution in [2.24, 2.45) is 20.4 Å². The number of nitrogens with two attached hydrogens (primary N) is 1. The van der Waals surface area contributed by atoms with Crippen LogP contribution in [0.25, 0.3) is 17.2 Å². The fourth-order valence-electron chi connectivity index (χ4n) is 5.66. The van der Waals surface area contributed by atoms with Gasteiger partial charge >= 0.3 is 0 Å². The van der Waals surface area contributed by atoms with Crippen molar-refractivity contribution in [3.8, 4) is 11.1 Å². The summed E-state index contributed by atoms with van der Waals surface area (Å²) >= 11 is 0. The van der Waals surface area contributed by atoms with Crippen molar-refractivity contribution in [1.82, 2.24) is 0 Å². The highest BCUT2D eigenvalue weighted by molar-refractivity contribution is 7.91. The molecule has 8 N–H and O–H groups in total. The number of fused-ring (bicyclic) bond motifs is 1. The molecule has 2 aliphatic carbocycles. The number of benzene rings is 4. The molecule has 298 valence electrons. The van der Waals surface area contributed by atoms with E-state index >= 15 is 0 Å². The Bertz CT molecular complexity index is 2990. The minimum Gasteiger partial charge on any atom is -0.505 e. The smallest absolute Gasteiger partial charge is 0.296 e. The molecule has 0 saturated heterocycles. The van der Waals surface area contributed by atoms with E-state index in [1.54, 1.807) is 37.3 Å². The van der Waals surface area contributed by atoms with E-state index < -0.39 is 79.0 Å². The number of aryl methyl sites for hydroxylation is 2. The maximum Gasteiger partial charge on any atom is 0.296 e. The summed E-state index contributed by atoms with van der Waals surface area (Å²) in [6.07, 6.45) is 4.41. The zero-order valence-corrected chi connectivity index (χ0v) is 32.3. The van der Waals surface area contributed by atoms with Crippen molar-refractivity contribution in [2.75, 3.05) is 16.6 Å². The van der Waals surface area contributed by atoms with E-state index in [0.29, 0.717) is 17.3 Å². The second-order valence-electron chi connectivity index (χ2n) is 12.6. The maximum absolute atomic E-state index is 13.8. The van der Waals surface area contributed by atoms with Gasteiger partial charge in [-0.05, 0) is 114 Å². The Kier molecular flexibility index (Phi) is 10.8. The van der Waals surface area contributed by atoms with Crippen molar-refractivity contribution in [2.45, 2.75) is 23.6 Å². The Hall–Kier alpha value is -6.69. The first kappa shape index (κ1) is 41.0. The average Bonchev–Trinajstić information content (AvgIpc) is 3.13. The van der Waals surface area contributed by atoms with Crippen molar-refractivity contribution in [1.29, 1.82) is 0 Å². The van der Waals surface area contributed by atoms with Crippen molar-refractivity contribution < 1.29 is 53.6 Å². The van der Waals surface area contributed by atoms with E-state index in [-0.39, 0.29) is 28.6 Å². The van der Waals surface area contributed by atoms with Gasteiger partial charge in [-0.2, -0.15) is 40.6 Å². The number of carbonyl (C=O) groups excluding carboxylic acids is 2. The number of aliphatic hydroxyl groups is 1. The van der Waals surface area contributed by atoms with Crippen LogP contribution in [0.5, 0.6) is 0 Å². The Balaban J connectivity index is 1.32. The molecule has 0 atom stereocenters. The number of hydrogen-bond donors (Lipinski definition) is 7. The van der Waals surface area contributed by atoms with Gasteiger partial charge in [-0.1, -0.05) is 12.1 Å². The molecule has 0 radical (unpaired) electrons. The largest absolute Gasteiger partial charge is 0.505 e. The predicted octanol–water partition coefficient (Wildman–Crippen LogP) is 5.70. The molecule has 0 aliphatic heterocycles. The minimum atomic E-state index is -5.21. The van der Waals surface area contributed by atoms with E-state index in [1.807, 2.05) is 13.0 Å². The summed E-state index contributed by atoms with van der Waals surface area (Å²) in [5.74, 6) is -1.85. The summed E-state index contributed by atoms with van der Waals surface area (Å²) in [6, 6.07) is 15.4. The van der Waals surface area contributed by atoms with Crippen LogP contribution >= 0.6 is 0 Å². The molecule has 0 unspecified atom stereocenters. The summed E-state index contributed by atoms with van der Waals surface area (Å²) in [6.45, 7) is 3.52. The Morgan fingerprint density at radius 3 is 1.93 bits per heavy atom. The molecular weight excluding hydrogens is 819 g/mol. The average molecular weight is 848 g/mol. The van der Waals surface area contributed by atoms with E-state index in [2.05, 4.69) is 31.3 Å². The lowest BCUT2D eigenvalue weighted by molar-refractivity contribution is -0.110. The lowest BCUT2D eigenvalue weighted by Crippen LogP contribution is -2.28. The highest BCUT2D eigenvalue weighted by atomic mass is 32.2. The van der Waals surface area contributed by atoms with Gasteiger partial charge in [0.25, 0.3) is 30.4 Å². The summed E-state index contributed by atoms with van der Waals surface area (Å²) in [5, 5.41) is 26.0. The Morgan fingerprint density at radius 2 is 1.34 bits per heavy atom. The maximum atomic E-state index is 13.8. The van der Waals surface area contributed by atoms with Gasteiger partial charge in [0.1, 0.15) is 27.0 Å². The molecule has 0 saturated carbocycles. The molecular formula is C36H29N7O12S3. The van der Waals surface area contributed by atoms with Gasteiger partial charge in [-0.3, -0.25) is 34.1 Å². The fourth-order valence-corrected chi connectivity index (χ4v) is 7.47. The SMILES string of the molecule is Cc1cc(-c2ccc(N/N=C3\C=CC(=O)C=C3O)c(C)c2)ccc1N=Nc1c(S(=O)(=O)O)cc2c(c1N)C(=O)/C(=N/Nc1ccc(S(=O)(=O)O)cc1)C(S(=O)(=O)O)=C2. The van der Waals surface area contributed by atoms with Gasteiger partial charge in [0.2, 0.25) is 5.78 Å². The molecule has 22 heteroatoms. The third-order valence-corrected chi connectivity index (χ3v) is 11.2. The van der Waals surface area contributed by atoms with Crippen LogP contribution in [-0.4, -0.2) is 67.0 Å². The van der Waals surface area contributed by atoms with Crippen molar-refractivity contribution in [3.05, 3.63) is 118 Å². The lowest BCUT2D eigenvalue weighted by Gasteiger charge is -2.20. The van der Waals surface area contributed by atoms with Crippen LogP contribution in [-0.2, 0) is 35.1 Å². The quantitative estimate of drug-likeness (QED) is 0.0331. The van der Waals surface area contributed by atoms with E-state index in [9.17, 15) is 53.6 Å². The molecule has 6 rings (SSSR count). The summed E-state index contributed by atoms with van der Waals surface area (Å²) < 4.78 is 102. The second kappa shape index (κ2) is 15.3. The summed E-state index contributed by atoms with van der Waals surface area (Å²) in [5.41, 5.74) is 12.3. The second-order valence-corrected chi connectivity index (χ2v) is 16.8. The number of aliphatic hydroxyl groups excluding tert-OH is 1. The highest BCUT2D eigenvalue weighted by Crippen LogP contribution is 2.41. The van der Waals surface area contributed by atoms with E-state index in [1.165, 1.54) is 12.2 Å². The number of nitrogen functional groups attached to an aromatic ring is 1. The Labute approximate surface area is 330 Å². The van der Waals surface area contributed by atoms with Gasteiger partial charge in [0, 0.05) is 6.08 Å². The third kappa shape index (κ3) is 8.66. The molecule has 0 heterocycles. The number of hydrogen-bond acceptors (Lipinski definition) is 16. The molecule has 0 amide bonds. The van der Waals surface area contributed by atoms with Crippen LogP contribution in [0.15, 0.2) is 126 Å². The van der Waals surface area contributed by atoms with Gasteiger partial charge in [-0.25, -0.2) is 0 Å². The Morgan fingerprint density at radius 1 is 0.690 bits per heavy atom. The number of rotatable bonds is 10. The van der Waals surface area contributed by atoms with Crippen LogP contribution in [0.3, 0.4) is 0 Å². The topological polar surface area (TPSA) is 317 Å². The monoisotopic (exact) mass is 847 g/mol. The summed E-state index contributed by atoms with van der Waals surface area (Å²) in [7, 11) is -14.9. The zero-order chi connectivity index (χ0) is 42.3. The number of nitrogens with one attached hydrogen (secondary N) is 2. The fraction of sp³-hybridized carbons (Fsp3) is 0.0556. The van der Waals surface area contributed by atoms with Gasteiger partial charge in [-0.15, -0.1) is 5.11 Å². The molecule has 0 fully saturated rings. The first-order valence-corrected chi connectivity index (χ1v) is 20.6. The number of anilines is 3. The number of hydrazone groups is 2. The predicted molar refractivity (Wildman–Crippen MR) is 213 cm³/mol. The molecule has 2 aliphatic rings. The van der Waals surface area contributed by atoms with Gasteiger partial charge < -0.3 is 10.8 Å². The summed E-state index contributed by atoms with van der Waals surface area (Å²) in [4.78, 5) is 22.7. The first-order chi connectivity index (χ1) is 27.1. The number of nitrogens with zero attached hydrogens (tertiary/aromatic N) is 4. The van der Waals surface area contributed by atoms with Crippen LogP contribution in [0.4, 0.5) is 28.4 Å². The van der Waals surface area contributed by atoms with Crippen LogP contribution in [0, 0.1) is 13.8 Å².